The van der Waals surface area contributed by atoms with Gasteiger partial charge in [-0.3, -0.25) is 10.1 Å². The van der Waals surface area contributed by atoms with Crippen molar-refractivity contribution in [3.63, 3.8) is 0 Å². The normalized spacial score (nSPS) is 10.2. The van der Waals surface area contributed by atoms with Gasteiger partial charge in [0.2, 0.25) is 5.11 Å². The Kier molecular flexibility index (Phi) is 5.02. The van der Waals surface area contributed by atoms with Gasteiger partial charge in [0.25, 0.3) is 5.69 Å². The summed E-state index contributed by atoms with van der Waals surface area (Å²) in [4.78, 5) is 9.99. The summed E-state index contributed by atoms with van der Waals surface area (Å²) in [5, 5.41) is 16.6. The number of non-ortho nitro benzene ring substituents is 1. The van der Waals surface area contributed by atoms with Gasteiger partial charge in [-0.05, 0) is 31.3 Å². The Labute approximate surface area is 104 Å². The Morgan fingerprint density at radius 3 is 2.71 bits per heavy atom. The van der Waals surface area contributed by atoms with Crippen molar-refractivity contribution < 1.29 is 10.0 Å². The molecule has 0 aliphatic rings. The van der Waals surface area contributed by atoms with Crippen LogP contribution in [-0.2, 0) is 0 Å². The number of thiocarbonyl (C=S) groups is 1. The molecule has 6 nitrogen and oxygen atoms in total. The van der Waals surface area contributed by atoms with E-state index >= 15 is 0 Å². The Morgan fingerprint density at radius 1 is 1.53 bits per heavy atom. The van der Waals surface area contributed by atoms with Crippen molar-refractivity contribution in [2.24, 2.45) is 0 Å². The minimum atomic E-state index is -0.435. The first kappa shape index (κ1) is 13.0. The monoisotopic (exact) mass is 253 g/mol. The molecule has 0 spiro atoms. The molecule has 17 heavy (non-hydrogen) atoms. The van der Waals surface area contributed by atoms with Gasteiger partial charge < -0.3 is 5.32 Å². The molecule has 1 aromatic carbocycles. The Bertz CT molecular complexity index is 430. The van der Waals surface area contributed by atoms with E-state index in [4.69, 9.17) is 12.2 Å². The summed E-state index contributed by atoms with van der Waals surface area (Å²) < 4.78 is 0. The number of hydrogen-bond acceptors (Lipinski definition) is 3. The fraction of sp³-hybridized carbons (Fsp3) is 0.200. The zero-order chi connectivity index (χ0) is 12.7. The fourth-order valence-electron chi connectivity index (χ4n) is 1.08. The van der Waals surface area contributed by atoms with Crippen molar-refractivity contribution in [1.82, 2.24) is 10.7 Å². The van der Waals surface area contributed by atoms with Crippen LogP contribution in [0.15, 0.2) is 24.3 Å². The highest BCUT2D eigenvalue weighted by atomic mass is 32.1. The van der Waals surface area contributed by atoms with Crippen LogP contribution in [0.4, 0.5) is 5.69 Å². The molecular formula is C10H13N4O2S+. The van der Waals surface area contributed by atoms with Gasteiger partial charge in [-0.1, -0.05) is 0 Å². The van der Waals surface area contributed by atoms with E-state index in [1.165, 1.54) is 12.1 Å². The Balaban J connectivity index is 2.54. The quantitative estimate of drug-likeness (QED) is 0.291. The van der Waals surface area contributed by atoms with Gasteiger partial charge >= 0.3 is 0 Å². The van der Waals surface area contributed by atoms with Crippen LogP contribution in [0.3, 0.4) is 0 Å². The molecule has 0 heterocycles. The first-order chi connectivity index (χ1) is 8.13. The number of benzene rings is 1. The van der Waals surface area contributed by atoms with Crippen molar-refractivity contribution in [2.75, 3.05) is 6.54 Å². The van der Waals surface area contributed by atoms with E-state index in [9.17, 15) is 10.1 Å². The number of hydrogen-bond donors (Lipinski definition) is 3. The maximum absolute atomic E-state index is 10.4. The second kappa shape index (κ2) is 6.54. The van der Waals surface area contributed by atoms with E-state index < -0.39 is 4.92 Å². The third-order valence-corrected chi connectivity index (χ3v) is 2.11. The van der Waals surface area contributed by atoms with Crippen LogP contribution in [-0.4, -0.2) is 22.8 Å². The van der Waals surface area contributed by atoms with Crippen LogP contribution in [0.25, 0.3) is 0 Å². The summed E-state index contributed by atoms with van der Waals surface area (Å²) in [5.41, 5.74) is 3.63. The third kappa shape index (κ3) is 4.56. The van der Waals surface area contributed by atoms with E-state index in [2.05, 4.69) is 15.8 Å². The largest absolute Gasteiger partial charge is 0.359 e. The first-order valence-electron chi connectivity index (χ1n) is 5.00. The van der Waals surface area contributed by atoms with Crippen LogP contribution < -0.4 is 15.8 Å². The van der Waals surface area contributed by atoms with Crippen LogP contribution in [0.2, 0.25) is 0 Å². The van der Waals surface area contributed by atoms with Gasteiger partial charge in [0, 0.05) is 24.2 Å². The number of hydrazine groups is 1. The van der Waals surface area contributed by atoms with Gasteiger partial charge in [0.05, 0.1) is 4.92 Å². The van der Waals surface area contributed by atoms with Crippen LogP contribution >= 0.6 is 12.2 Å². The maximum atomic E-state index is 10.4. The number of hydrazone groups is 1. The summed E-state index contributed by atoms with van der Waals surface area (Å²) in [5.74, 6) is 0. The van der Waals surface area contributed by atoms with E-state index in [0.29, 0.717) is 5.11 Å². The van der Waals surface area contributed by atoms with E-state index in [1.807, 2.05) is 6.92 Å². The molecule has 1 aromatic rings. The molecule has 1 rings (SSSR count). The van der Waals surface area contributed by atoms with Gasteiger partial charge in [0.15, 0.2) is 6.21 Å². The molecule has 3 N–H and O–H groups in total. The number of rotatable bonds is 4. The van der Waals surface area contributed by atoms with E-state index in [0.717, 1.165) is 12.1 Å². The van der Waals surface area contributed by atoms with E-state index in [-0.39, 0.29) is 5.69 Å². The minimum absolute atomic E-state index is 0.0679. The van der Waals surface area contributed by atoms with Gasteiger partial charge in [0.1, 0.15) is 0 Å². The van der Waals surface area contributed by atoms with Gasteiger partial charge in [-0.15, -0.1) is 10.5 Å². The highest BCUT2D eigenvalue weighted by Gasteiger charge is 2.03. The fourth-order valence-corrected chi connectivity index (χ4v) is 1.29. The molecule has 7 heteroatoms. The molecule has 0 aliphatic carbocycles. The predicted octanol–water partition coefficient (Wildman–Crippen LogP) is -0.507. The smallest absolute Gasteiger partial charge is 0.269 e. The molecule has 0 aromatic heterocycles. The van der Waals surface area contributed by atoms with Crippen molar-refractivity contribution in [2.45, 2.75) is 6.92 Å². The molecule has 0 unspecified atom stereocenters. The van der Waals surface area contributed by atoms with Crippen molar-refractivity contribution >= 4 is 29.2 Å². The lowest BCUT2D eigenvalue weighted by Crippen LogP contribution is -2.82. The lowest BCUT2D eigenvalue weighted by atomic mass is 10.2. The summed E-state index contributed by atoms with van der Waals surface area (Å²) in [6.07, 6.45) is 1.66. The SMILES string of the molecule is CCNC(=S)N[NH+]=Cc1ccc([N+](=O)[O-])cc1. The molecule has 0 bridgehead atoms. The Hall–Kier alpha value is -2.02. The van der Waals surface area contributed by atoms with Crippen molar-refractivity contribution in [3.8, 4) is 0 Å². The standard InChI is InChI=1S/C10H12N4O2S/c1-2-11-10(17)13-12-7-8-3-5-9(6-4-8)14(15)16/h3-7H,2H2,1H3,(H2,11,13,17)/p+1. The van der Waals surface area contributed by atoms with Gasteiger partial charge in [-0.25, -0.2) is 0 Å². The molecule has 0 saturated carbocycles. The number of nitrogens with one attached hydrogen (secondary N) is 3. The zero-order valence-corrected chi connectivity index (χ0v) is 10.1. The lowest BCUT2D eigenvalue weighted by Gasteiger charge is -1.98. The minimum Gasteiger partial charge on any atom is -0.359 e. The highest BCUT2D eigenvalue weighted by Crippen LogP contribution is 2.09. The topological polar surface area (TPSA) is 81.2 Å². The number of nitrogens with zero attached hydrogens (tertiary/aromatic N) is 1. The molecule has 0 fully saturated rings. The summed E-state index contributed by atoms with van der Waals surface area (Å²) in [7, 11) is 0. The molecular weight excluding hydrogens is 240 g/mol. The molecule has 0 atom stereocenters. The second-order valence-corrected chi connectivity index (χ2v) is 3.53. The summed E-state index contributed by atoms with van der Waals surface area (Å²) >= 11 is 4.93. The van der Waals surface area contributed by atoms with Crippen LogP contribution in [0.5, 0.6) is 0 Å². The number of nitro groups is 1. The van der Waals surface area contributed by atoms with Crippen LogP contribution in [0.1, 0.15) is 12.5 Å². The average molecular weight is 253 g/mol. The van der Waals surface area contributed by atoms with Crippen molar-refractivity contribution in [1.29, 1.82) is 0 Å². The molecule has 0 radical (unpaired) electrons. The van der Waals surface area contributed by atoms with Crippen LogP contribution in [0, 0.1) is 10.1 Å². The maximum Gasteiger partial charge on any atom is 0.269 e. The predicted molar refractivity (Wildman–Crippen MR) is 68.6 cm³/mol. The molecule has 0 amide bonds. The average Bonchev–Trinajstić information content (AvgIpc) is 2.30. The first-order valence-corrected chi connectivity index (χ1v) is 5.41. The third-order valence-electron chi connectivity index (χ3n) is 1.87. The highest BCUT2D eigenvalue weighted by molar-refractivity contribution is 7.80. The second-order valence-electron chi connectivity index (χ2n) is 3.12. The molecule has 0 saturated heterocycles. The van der Waals surface area contributed by atoms with Gasteiger partial charge in [-0.2, -0.15) is 0 Å². The molecule has 0 aliphatic heterocycles. The lowest BCUT2D eigenvalue weighted by molar-refractivity contribution is -0.500. The molecule has 90 valence electrons. The van der Waals surface area contributed by atoms with E-state index in [1.54, 1.807) is 18.3 Å². The van der Waals surface area contributed by atoms with Crippen molar-refractivity contribution in [3.05, 3.63) is 39.9 Å². The Morgan fingerprint density at radius 2 is 2.18 bits per heavy atom. The summed E-state index contributed by atoms with van der Waals surface area (Å²) in [6.45, 7) is 2.68. The summed E-state index contributed by atoms with van der Waals surface area (Å²) in [6, 6.07) is 6.17. The zero-order valence-electron chi connectivity index (χ0n) is 9.27. The number of nitro benzene ring substituents is 1.